The Kier molecular flexibility index (Phi) is 6.88. The molecule has 1 aliphatic rings. The summed E-state index contributed by atoms with van der Waals surface area (Å²) in [6, 6.07) is 5.37. The van der Waals surface area contributed by atoms with Crippen molar-refractivity contribution in [3.05, 3.63) is 29.8 Å². The highest BCUT2D eigenvalue weighted by Gasteiger charge is 2.26. The van der Waals surface area contributed by atoms with Gasteiger partial charge in [-0.2, -0.15) is 8.78 Å². The number of carbonyl (C=O) groups excluding carboxylic acids is 2. The molecule has 1 saturated carbocycles. The van der Waals surface area contributed by atoms with Crippen LogP contribution in [0.5, 0.6) is 5.75 Å². The molecule has 1 aliphatic carbocycles. The SMILES string of the molecule is O=C(CNC(=O)c1ccccc1OC(F)F)NC1CCC(C(=O)O)CC1. The summed E-state index contributed by atoms with van der Waals surface area (Å²) >= 11 is 0. The summed E-state index contributed by atoms with van der Waals surface area (Å²) in [5, 5.41) is 14.0. The van der Waals surface area contributed by atoms with Crippen LogP contribution in [0.3, 0.4) is 0 Å². The topological polar surface area (TPSA) is 105 Å². The monoisotopic (exact) mass is 370 g/mol. The molecule has 26 heavy (non-hydrogen) atoms. The van der Waals surface area contributed by atoms with Crippen molar-refractivity contribution in [3.8, 4) is 5.75 Å². The lowest BCUT2D eigenvalue weighted by Gasteiger charge is -2.26. The van der Waals surface area contributed by atoms with E-state index in [1.165, 1.54) is 24.3 Å². The molecular weight excluding hydrogens is 350 g/mol. The Morgan fingerprint density at radius 1 is 1.15 bits per heavy atom. The average Bonchev–Trinajstić information content (AvgIpc) is 2.60. The molecule has 3 N–H and O–H groups in total. The van der Waals surface area contributed by atoms with E-state index in [2.05, 4.69) is 15.4 Å². The predicted octanol–water partition coefficient (Wildman–Crippen LogP) is 1.78. The Bertz CT molecular complexity index is 660. The van der Waals surface area contributed by atoms with Crippen LogP contribution in [0.4, 0.5) is 8.78 Å². The number of hydrogen-bond donors (Lipinski definition) is 3. The molecule has 0 heterocycles. The Morgan fingerprint density at radius 3 is 2.42 bits per heavy atom. The number of para-hydroxylation sites is 1. The molecule has 2 amide bonds. The second-order valence-corrected chi connectivity index (χ2v) is 6.01. The highest BCUT2D eigenvalue weighted by molar-refractivity contribution is 5.98. The van der Waals surface area contributed by atoms with Gasteiger partial charge >= 0.3 is 12.6 Å². The molecule has 1 fully saturated rings. The van der Waals surface area contributed by atoms with Crippen LogP contribution < -0.4 is 15.4 Å². The highest BCUT2D eigenvalue weighted by atomic mass is 19.3. The fraction of sp³-hybridized carbons (Fsp3) is 0.471. The van der Waals surface area contributed by atoms with Crippen molar-refractivity contribution in [2.75, 3.05) is 6.54 Å². The van der Waals surface area contributed by atoms with E-state index < -0.39 is 24.4 Å². The molecule has 0 aliphatic heterocycles. The summed E-state index contributed by atoms with van der Waals surface area (Å²) < 4.78 is 29.0. The van der Waals surface area contributed by atoms with E-state index in [9.17, 15) is 23.2 Å². The van der Waals surface area contributed by atoms with Gasteiger partial charge in [0.05, 0.1) is 18.0 Å². The van der Waals surface area contributed by atoms with Crippen molar-refractivity contribution < 1.29 is 33.0 Å². The Hall–Kier alpha value is -2.71. The molecule has 0 saturated heterocycles. The fourth-order valence-electron chi connectivity index (χ4n) is 2.87. The summed E-state index contributed by atoms with van der Waals surface area (Å²) in [6.45, 7) is -3.38. The molecule has 0 bridgehead atoms. The minimum Gasteiger partial charge on any atom is -0.481 e. The van der Waals surface area contributed by atoms with Gasteiger partial charge in [-0.05, 0) is 37.8 Å². The summed E-state index contributed by atoms with van der Waals surface area (Å²) in [4.78, 5) is 34.9. The number of alkyl halides is 2. The van der Waals surface area contributed by atoms with Gasteiger partial charge in [-0.3, -0.25) is 14.4 Å². The van der Waals surface area contributed by atoms with Gasteiger partial charge in [-0.1, -0.05) is 12.1 Å². The number of carboxylic acids is 1. The van der Waals surface area contributed by atoms with E-state index in [4.69, 9.17) is 5.11 Å². The van der Waals surface area contributed by atoms with Crippen molar-refractivity contribution >= 4 is 17.8 Å². The molecule has 2 rings (SSSR count). The molecule has 0 radical (unpaired) electrons. The Balaban J connectivity index is 1.81. The lowest BCUT2D eigenvalue weighted by Crippen LogP contribution is -2.43. The minimum absolute atomic E-state index is 0.0948. The van der Waals surface area contributed by atoms with E-state index in [1.54, 1.807) is 0 Å². The molecular formula is C17H20F2N2O5. The number of nitrogens with one attached hydrogen (secondary N) is 2. The van der Waals surface area contributed by atoms with Crippen LogP contribution in [-0.2, 0) is 9.59 Å². The Morgan fingerprint density at radius 2 is 1.81 bits per heavy atom. The second-order valence-electron chi connectivity index (χ2n) is 6.01. The number of ether oxygens (including phenoxy) is 1. The number of rotatable bonds is 7. The molecule has 7 nitrogen and oxygen atoms in total. The number of carbonyl (C=O) groups is 3. The zero-order valence-electron chi connectivity index (χ0n) is 13.9. The lowest BCUT2D eigenvalue weighted by molar-refractivity contribution is -0.142. The van der Waals surface area contributed by atoms with E-state index in [1.807, 2.05) is 0 Å². The van der Waals surface area contributed by atoms with Crippen molar-refractivity contribution in [2.45, 2.75) is 38.3 Å². The van der Waals surface area contributed by atoms with Gasteiger partial charge in [-0.25, -0.2) is 0 Å². The molecule has 0 spiro atoms. The van der Waals surface area contributed by atoms with E-state index >= 15 is 0 Å². The van der Waals surface area contributed by atoms with Crippen LogP contribution in [0.1, 0.15) is 36.0 Å². The number of aliphatic carboxylic acids is 1. The van der Waals surface area contributed by atoms with Gasteiger partial charge in [0.1, 0.15) is 5.75 Å². The normalized spacial score (nSPS) is 19.7. The molecule has 1 aromatic carbocycles. The maximum Gasteiger partial charge on any atom is 0.387 e. The van der Waals surface area contributed by atoms with Crippen LogP contribution in [0, 0.1) is 5.92 Å². The quantitative estimate of drug-likeness (QED) is 0.679. The van der Waals surface area contributed by atoms with Gasteiger partial charge in [-0.15, -0.1) is 0 Å². The molecule has 9 heteroatoms. The fourth-order valence-corrected chi connectivity index (χ4v) is 2.87. The first-order valence-corrected chi connectivity index (χ1v) is 8.21. The number of halogens is 2. The summed E-state index contributed by atoms with van der Waals surface area (Å²) in [6.07, 6.45) is 2.10. The number of hydrogen-bond acceptors (Lipinski definition) is 4. The molecule has 0 unspecified atom stereocenters. The van der Waals surface area contributed by atoms with Crippen LogP contribution >= 0.6 is 0 Å². The van der Waals surface area contributed by atoms with Crippen molar-refractivity contribution in [2.24, 2.45) is 5.92 Å². The van der Waals surface area contributed by atoms with E-state index in [0.29, 0.717) is 25.7 Å². The van der Waals surface area contributed by atoms with Gasteiger partial charge in [0.25, 0.3) is 5.91 Å². The number of carboxylic acid groups (broad SMARTS) is 1. The third kappa shape index (κ3) is 5.68. The molecule has 0 atom stereocenters. The first-order valence-electron chi connectivity index (χ1n) is 8.21. The lowest BCUT2D eigenvalue weighted by atomic mass is 9.86. The number of benzene rings is 1. The van der Waals surface area contributed by atoms with E-state index in [-0.39, 0.29) is 29.8 Å². The zero-order chi connectivity index (χ0) is 19.1. The third-order valence-electron chi connectivity index (χ3n) is 4.20. The second kappa shape index (κ2) is 9.12. The summed E-state index contributed by atoms with van der Waals surface area (Å²) in [5.41, 5.74) is -0.0948. The van der Waals surface area contributed by atoms with Crippen LogP contribution in [0.15, 0.2) is 24.3 Å². The smallest absolute Gasteiger partial charge is 0.387 e. The maximum absolute atomic E-state index is 12.4. The maximum atomic E-state index is 12.4. The number of amides is 2. The molecule has 1 aromatic rings. The largest absolute Gasteiger partial charge is 0.481 e. The van der Waals surface area contributed by atoms with Crippen LogP contribution in [-0.4, -0.2) is 42.1 Å². The van der Waals surface area contributed by atoms with Gasteiger partial charge in [0.2, 0.25) is 5.91 Å². The standard InChI is InChI=1S/C17H20F2N2O5/c18-17(19)26-13-4-2-1-3-12(13)15(23)20-9-14(22)21-11-7-5-10(6-8-11)16(24)25/h1-4,10-11,17H,5-9H2,(H,20,23)(H,21,22)(H,24,25). The summed E-state index contributed by atoms with van der Waals surface area (Å²) in [7, 11) is 0. The Labute approximate surface area is 148 Å². The summed E-state index contributed by atoms with van der Waals surface area (Å²) in [5.74, 6) is -2.61. The van der Waals surface area contributed by atoms with Gasteiger partial charge < -0.3 is 20.5 Å². The van der Waals surface area contributed by atoms with Crippen molar-refractivity contribution in [1.82, 2.24) is 10.6 Å². The van der Waals surface area contributed by atoms with Gasteiger partial charge in [0.15, 0.2) is 0 Å². The zero-order valence-corrected chi connectivity index (χ0v) is 13.9. The molecule has 0 aromatic heterocycles. The first-order chi connectivity index (χ1) is 12.4. The van der Waals surface area contributed by atoms with Crippen LogP contribution in [0.2, 0.25) is 0 Å². The minimum atomic E-state index is -3.06. The van der Waals surface area contributed by atoms with E-state index in [0.717, 1.165) is 0 Å². The third-order valence-corrected chi connectivity index (χ3v) is 4.20. The molecule has 142 valence electrons. The first kappa shape index (κ1) is 19.6. The van der Waals surface area contributed by atoms with Crippen molar-refractivity contribution in [3.63, 3.8) is 0 Å². The van der Waals surface area contributed by atoms with Gasteiger partial charge in [0, 0.05) is 6.04 Å². The average molecular weight is 370 g/mol. The highest BCUT2D eigenvalue weighted by Crippen LogP contribution is 2.24. The van der Waals surface area contributed by atoms with Crippen molar-refractivity contribution in [1.29, 1.82) is 0 Å². The predicted molar refractivity (Wildman–Crippen MR) is 86.9 cm³/mol. The van der Waals surface area contributed by atoms with Crippen LogP contribution in [0.25, 0.3) is 0 Å².